The first-order valence-electron chi connectivity index (χ1n) is 9.65. The zero-order chi connectivity index (χ0) is 19.8. The molecule has 0 aliphatic carbocycles. The van der Waals surface area contributed by atoms with Crippen LogP contribution in [0.2, 0.25) is 10.0 Å². The van der Waals surface area contributed by atoms with E-state index in [0.717, 1.165) is 37.9 Å². The molecule has 1 fully saturated rings. The van der Waals surface area contributed by atoms with Crippen LogP contribution in [0.15, 0.2) is 48.5 Å². The number of benzene rings is 2. The summed E-state index contributed by atoms with van der Waals surface area (Å²) in [4.78, 5) is 12.4. The van der Waals surface area contributed by atoms with Crippen molar-refractivity contribution in [1.82, 2.24) is 5.32 Å². The quantitative estimate of drug-likeness (QED) is 0.616. The fraction of sp³-hybridized carbons (Fsp3) is 0.409. The number of ether oxygens (including phenoxy) is 2. The highest BCUT2D eigenvalue weighted by atomic mass is 35.5. The van der Waals surface area contributed by atoms with Crippen molar-refractivity contribution < 1.29 is 14.3 Å². The molecule has 4 nitrogen and oxygen atoms in total. The van der Waals surface area contributed by atoms with Crippen LogP contribution in [0.1, 0.15) is 47.5 Å². The van der Waals surface area contributed by atoms with E-state index in [1.807, 2.05) is 30.3 Å². The second kappa shape index (κ2) is 10.8. The van der Waals surface area contributed by atoms with E-state index >= 15 is 0 Å². The minimum Gasteiger partial charge on any atom is -0.353 e. The lowest BCUT2D eigenvalue weighted by Gasteiger charge is -2.24. The molecule has 1 saturated heterocycles. The average Bonchev–Trinajstić information content (AvgIpc) is 2.74. The van der Waals surface area contributed by atoms with Crippen LogP contribution in [0, 0.1) is 0 Å². The Kier molecular flexibility index (Phi) is 8.16. The zero-order valence-electron chi connectivity index (χ0n) is 15.7. The molecule has 1 aliphatic heterocycles. The Morgan fingerprint density at radius 1 is 1.14 bits per heavy atom. The van der Waals surface area contributed by atoms with Crippen LogP contribution in [0.5, 0.6) is 0 Å². The molecule has 0 aromatic heterocycles. The van der Waals surface area contributed by atoms with Gasteiger partial charge < -0.3 is 14.8 Å². The van der Waals surface area contributed by atoms with Crippen molar-refractivity contribution in [2.45, 2.75) is 37.9 Å². The number of rotatable bonds is 8. The highest BCUT2D eigenvalue weighted by Crippen LogP contribution is 2.28. The van der Waals surface area contributed by atoms with E-state index in [4.69, 9.17) is 32.7 Å². The van der Waals surface area contributed by atoms with E-state index in [0.29, 0.717) is 28.8 Å². The zero-order valence-corrected chi connectivity index (χ0v) is 17.2. The third-order valence-electron chi connectivity index (χ3n) is 4.87. The van der Waals surface area contributed by atoms with Gasteiger partial charge in [0.05, 0.1) is 16.7 Å². The van der Waals surface area contributed by atoms with Gasteiger partial charge in [-0.3, -0.25) is 4.79 Å². The molecule has 0 saturated carbocycles. The van der Waals surface area contributed by atoms with Gasteiger partial charge in [-0.05, 0) is 55.5 Å². The van der Waals surface area contributed by atoms with E-state index < -0.39 is 0 Å². The van der Waals surface area contributed by atoms with Crippen LogP contribution < -0.4 is 5.32 Å². The minimum absolute atomic E-state index is 0.0611. The molecule has 28 heavy (non-hydrogen) atoms. The van der Waals surface area contributed by atoms with E-state index in [1.54, 1.807) is 18.2 Å². The van der Waals surface area contributed by atoms with Gasteiger partial charge >= 0.3 is 0 Å². The molecular weight excluding hydrogens is 397 g/mol. The normalized spacial score (nSPS) is 17.9. The number of carbonyl (C=O) groups excluding carboxylic acids is 1. The summed E-state index contributed by atoms with van der Waals surface area (Å²) in [5.74, 6) is -0.0341. The Balaban J connectivity index is 1.61. The molecule has 2 atom stereocenters. The molecule has 6 heteroatoms. The van der Waals surface area contributed by atoms with Crippen molar-refractivity contribution in [1.29, 1.82) is 0 Å². The Morgan fingerprint density at radius 2 is 1.96 bits per heavy atom. The molecule has 2 unspecified atom stereocenters. The summed E-state index contributed by atoms with van der Waals surface area (Å²) in [5, 5.41) is 4.05. The van der Waals surface area contributed by atoms with Gasteiger partial charge in [0.2, 0.25) is 0 Å². The van der Waals surface area contributed by atoms with Crippen molar-refractivity contribution in [2.24, 2.45) is 0 Å². The topological polar surface area (TPSA) is 47.6 Å². The highest BCUT2D eigenvalue weighted by molar-refractivity contribution is 6.42. The molecule has 2 aromatic carbocycles. The smallest absolute Gasteiger partial charge is 0.251 e. The first-order valence-corrected chi connectivity index (χ1v) is 10.4. The first-order chi connectivity index (χ1) is 13.6. The van der Waals surface area contributed by atoms with Crippen molar-refractivity contribution in [3.05, 3.63) is 69.7 Å². The summed E-state index contributed by atoms with van der Waals surface area (Å²) in [5.41, 5.74) is 1.66. The number of nitrogens with one attached hydrogen (secondary N) is 1. The van der Waals surface area contributed by atoms with Crippen molar-refractivity contribution in [3.63, 3.8) is 0 Å². The molecule has 1 N–H and O–H groups in total. The molecule has 0 spiro atoms. The number of carbonyl (C=O) groups is 1. The lowest BCUT2D eigenvalue weighted by atomic mass is 9.95. The van der Waals surface area contributed by atoms with Crippen molar-refractivity contribution in [2.75, 3.05) is 19.8 Å². The summed E-state index contributed by atoms with van der Waals surface area (Å²) in [6, 6.07) is 14.8. The van der Waals surface area contributed by atoms with Gasteiger partial charge in [-0.15, -0.1) is 0 Å². The molecule has 1 aliphatic rings. The molecule has 0 radical (unpaired) electrons. The third kappa shape index (κ3) is 6.21. The largest absolute Gasteiger partial charge is 0.353 e. The van der Waals surface area contributed by atoms with Crippen LogP contribution in [0.4, 0.5) is 0 Å². The second-order valence-electron chi connectivity index (χ2n) is 6.90. The van der Waals surface area contributed by atoms with Gasteiger partial charge in [0.25, 0.3) is 5.91 Å². The maximum absolute atomic E-state index is 12.4. The SMILES string of the molecule is O=C(NCC(CCOC1CCCCO1)c1ccc(Cl)c(Cl)c1)c1ccccc1. The van der Waals surface area contributed by atoms with Crippen LogP contribution >= 0.6 is 23.2 Å². The second-order valence-corrected chi connectivity index (χ2v) is 7.72. The van der Waals surface area contributed by atoms with E-state index in [1.165, 1.54) is 0 Å². The Labute approximate surface area is 176 Å². The highest BCUT2D eigenvalue weighted by Gasteiger charge is 2.18. The van der Waals surface area contributed by atoms with Gasteiger partial charge in [-0.1, -0.05) is 47.5 Å². The van der Waals surface area contributed by atoms with Crippen LogP contribution in [-0.4, -0.2) is 32.0 Å². The van der Waals surface area contributed by atoms with E-state index in [9.17, 15) is 4.79 Å². The molecule has 0 bridgehead atoms. The summed E-state index contributed by atoms with van der Waals surface area (Å²) in [7, 11) is 0. The van der Waals surface area contributed by atoms with E-state index in [2.05, 4.69) is 5.32 Å². The summed E-state index contributed by atoms with van der Waals surface area (Å²) < 4.78 is 11.5. The monoisotopic (exact) mass is 421 g/mol. The van der Waals surface area contributed by atoms with Gasteiger partial charge in [-0.25, -0.2) is 0 Å². The summed E-state index contributed by atoms with van der Waals surface area (Å²) >= 11 is 12.3. The lowest BCUT2D eigenvalue weighted by Crippen LogP contribution is -2.29. The molecule has 150 valence electrons. The predicted molar refractivity (Wildman–Crippen MR) is 112 cm³/mol. The summed E-state index contributed by atoms with van der Waals surface area (Å²) in [6.45, 7) is 1.80. The maximum atomic E-state index is 12.4. The average molecular weight is 422 g/mol. The molecule has 3 rings (SSSR count). The lowest BCUT2D eigenvalue weighted by molar-refractivity contribution is -0.163. The third-order valence-corrected chi connectivity index (χ3v) is 5.61. The number of hydrogen-bond acceptors (Lipinski definition) is 3. The molecular formula is C22H25Cl2NO3. The van der Waals surface area contributed by atoms with Gasteiger partial charge in [0, 0.05) is 24.6 Å². The number of amides is 1. The molecule has 2 aromatic rings. The van der Waals surface area contributed by atoms with Crippen LogP contribution in [-0.2, 0) is 9.47 Å². The van der Waals surface area contributed by atoms with Crippen molar-refractivity contribution >= 4 is 29.1 Å². The summed E-state index contributed by atoms with van der Waals surface area (Å²) in [6.07, 6.45) is 3.78. The van der Waals surface area contributed by atoms with Crippen LogP contribution in [0.3, 0.4) is 0 Å². The Morgan fingerprint density at radius 3 is 2.68 bits per heavy atom. The van der Waals surface area contributed by atoms with Crippen LogP contribution in [0.25, 0.3) is 0 Å². The van der Waals surface area contributed by atoms with Gasteiger partial charge in [0.15, 0.2) is 6.29 Å². The maximum Gasteiger partial charge on any atom is 0.251 e. The Bertz CT molecular complexity index is 764. The molecule has 1 heterocycles. The number of halogens is 2. The van der Waals surface area contributed by atoms with Gasteiger partial charge in [-0.2, -0.15) is 0 Å². The number of hydrogen-bond donors (Lipinski definition) is 1. The molecule has 1 amide bonds. The standard InChI is InChI=1S/C22H25Cl2NO3/c23-19-10-9-17(14-20(19)24)18(11-13-28-21-8-4-5-12-27-21)15-25-22(26)16-6-2-1-3-7-16/h1-3,6-7,9-10,14,18,21H,4-5,8,11-13,15H2,(H,25,26). The minimum atomic E-state index is -0.123. The Hall–Kier alpha value is -1.59. The fourth-order valence-corrected chi connectivity index (χ4v) is 3.55. The predicted octanol–water partition coefficient (Wildman–Crippen LogP) is 5.44. The van der Waals surface area contributed by atoms with Crippen molar-refractivity contribution in [3.8, 4) is 0 Å². The fourth-order valence-electron chi connectivity index (χ4n) is 3.24. The van der Waals surface area contributed by atoms with E-state index in [-0.39, 0.29) is 18.1 Å². The first kappa shape index (κ1) is 21.1. The van der Waals surface area contributed by atoms with Gasteiger partial charge in [0.1, 0.15) is 0 Å².